The highest BCUT2D eigenvalue weighted by atomic mass is 16.5. The van der Waals surface area contributed by atoms with E-state index in [1.54, 1.807) is 24.7 Å². The summed E-state index contributed by atoms with van der Waals surface area (Å²) in [5.74, 6) is -0.167. The van der Waals surface area contributed by atoms with Crippen LogP contribution in [0.15, 0.2) is 36.9 Å². The largest absolute Gasteiger partial charge is 0.376 e. The Hall–Kier alpha value is -2.67. The summed E-state index contributed by atoms with van der Waals surface area (Å²) in [6.45, 7) is 1.54. The van der Waals surface area contributed by atoms with Crippen molar-refractivity contribution in [2.24, 2.45) is 0 Å². The van der Waals surface area contributed by atoms with E-state index in [0.29, 0.717) is 11.3 Å². The number of anilines is 1. The maximum atomic E-state index is 12.4. The zero-order valence-corrected chi connectivity index (χ0v) is 13.2. The van der Waals surface area contributed by atoms with Crippen molar-refractivity contribution in [3.8, 4) is 0 Å². The fraction of sp³-hybridized carbons (Fsp3) is 0.353. The molecular weight excluding hydrogens is 306 g/mol. The smallest absolute Gasteiger partial charge is 0.255 e. The highest BCUT2D eigenvalue weighted by molar-refractivity contribution is 6.05. The number of amides is 1. The van der Waals surface area contributed by atoms with Crippen molar-refractivity contribution in [1.29, 1.82) is 0 Å². The predicted octanol–water partition coefficient (Wildman–Crippen LogP) is 2.58. The van der Waals surface area contributed by atoms with Crippen LogP contribution in [0, 0.1) is 0 Å². The molecule has 0 radical (unpaired) electrons. The number of fused-ring (bicyclic) bond motifs is 1. The second-order valence-corrected chi connectivity index (χ2v) is 6.03. The van der Waals surface area contributed by atoms with Gasteiger partial charge in [-0.2, -0.15) is 5.10 Å². The van der Waals surface area contributed by atoms with Gasteiger partial charge in [0.1, 0.15) is 0 Å². The normalized spacial score (nSPS) is 17.9. The Morgan fingerprint density at radius 3 is 3.25 bits per heavy atom. The number of hydrogen-bond acceptors (Lipinski definition) is 4. The van der Waals surface area contributed by atoms with Gasteiger partial charge < -0.3 is 15.0 Å². The third-order valence-corrected chi connectivity index (χ3v) is 4.24. The molecule has 1 fully saturated rings. The van der Waals surface area contributed by atoms with E-state index in [-0.39, 0.29) is 12.0 Å². The minimum Gasteiger partial charge on any atom is -0.376 e. The standard InChI is InChI=1S/C17H19N5O2/c23-17(12-4-5-15-16(7-12)19-11-18-15)21-13-8-20-22(9-13)10-14-3-1-2-6-24-14/h4-5,7-9,11,14H,1-3,6,10H2,(H,18,19)(H,21,23). The molecule has 0 spiro atoms. The Balaban J connectivity index is 1.41. The van der Waals surface area contributed by atoms with E-state index in [1.807, 2.05) is 16.9 Å². The Morgan fingerprint density at radius 1 is 1.42 bits per heavy atom. The fourth-order valence-corrected chi connectivity index (χ4v) is 2.97. The molecule has 0 aliphatic carbocycles. The summed E-state index contributed by atoms with van der Waals surface area (Å²) in [5, 5.41) is 7.18. The van der Waals surface area contributed by atoms with E-state index in [0.717, 1.165) is 37.0 Å². The Morgan fingerprint density at radius 2 is 2.38 bits per heavy atom. The van der Waals surface area contributed by atoms with E-state index in [1.165, 1.54) is 6.42 Å². The van der Waals surface area contributed by atoms with Crippen LogP contribution < -0.4 is 5.32 Å². The molecule has 2 N–H and O–H groups in total. The topological polar surface area (TPSA) is 84.8 Å². The van der Waals surface area contributed by atoms with Gasteiger partial charge in [0.2, 0.25) is 0 Å². The molecule has 3 heterocycles. The fourth-order valence-electron chi connectivity index (χ4n) is 2.97. The van der Waals surface area contributed by atoms with Crippen molar-refractivity contribution in [2.45, 2.75) is 31.9 Å². The summed E-state index contributed by atoms with van der Waals surface area (Å²) in [5.41, 5.74) is 2.94. The number of nitrogens with zero attached hydrogens (tertiary/aromatic N) is 3. The van der Waals surface area contributed by atoms with Gasteiger partial charge in [-0.3, -0.25) is 9.48 Å². The molecule has 1 aromatic carbocycles. The molecule has 1 aliphatic heterocycles. The third kappa shape index (κ3) is 3.16. The molecule has 1 saturated heterocycles. The summed E-state index contributed by atoms with van der Waals surface area (Å²) in [6, 6.07) is 5.38. The molecular formula is C17H19N5O2. The van der Waals surface area contributed by atoms with Gasteiger partial charge in [-0.05, 0) is 37.5 Å². The van der Waals surface area contributed by atoms with Gasteiger partial charge in [-0.15, -0.1) is 0 Å². The van der Waals surface area contributed by atoms with Crippen LogP contribution in [0.3, 0.4) is 0 Å². The summed E-state index contributed by atoms with van der Waals surface area (Å²) in [6.07, 6.45) is 8.73. The van der Waals surface area contributed by atoms with Crippen LogP contribution in [0.25, 0.3) is 11.0 Å². The summed E-state index contributed by atoms with van der Waals surface area (Å²) in [4.78, 5) is 19.5. The molecule has 7 nitrogen and oxygen atoms in total. The zero-order valence-electron chi connectivity index (χ0n) is 13.2. The monoisotopic (exact) mass is 325 g/mol. The second kappa shape index (κ2) is 6.45. The number of hydrogen-bond donors (Lipinski definition) is 2. The lowest BCUT2D eigenvalue weighted by Crippen LogP contribution is -2.24. The molecule has 1 atom stereocenters. The number of aromatic nitrogens is 4. The molecule has 2 aromatic heterocycles. The van der Waals surface area contributed by atoms with E-state index < -0.39 is 0 Å². The van der Waals surface area contributed by atoms with Crippen molar-refractivity contribution < 1.29 is 9.53 Å². The van der Waals surface area contributed by atoms with E-state index in [4.69, 9.17) is 4.74 Å². The molecule has 1 unspecified atom stereocenters. The van der Waals surface area contributed by atoms with Gasteiger partial charge in [-0.1, -0.05) is 0 Å². The van der Waals surface area contributed by atoms with Gasteiger partial charge in [0.25, 0.3) is 5.91 Å². The highest BCUT2D eigenvalue weighted by Gasteiger charge is 2.15. The molecule has 0 bridgehead atoms. The van der Waals surface area contributed by atoms with Crippen LogP contribution in [0.2, 0.25) is 0 Å². The van der Waals surface area contributed by atoms with Gasteiger partial charge in [0.15, 0.2) is 0 Å². The molecule has 7 heteroatoms. The van der Waals surface area contributed by atoms with Gasteiger partial charge in [0.05, 0.1) is 41.9 Å². The first-order valence-electron chi connectivity index (χ1n) is 8.16. The molecule has 3 aromatic rings. The van der Waals surface area contributed by atoms with Crippen LogP contribution in [0.1, 0.15) is 29.6 Å². The number of imidazole rings is 1. The molecule has 124 valence electrons. The van der Waals surface area contributed by atoms with Crippen LogP contribution in [0.4, 0.5) is 5.69 Å². The molecule has 1 amide bonds. The first-order chi connectivity index (χ1) is 11.8. The van der Waals surface area contributed by atoms with Crippen molar-refractivity contribution in [1.82, 2.24) is 19.7 Å². The van der Waals surface area contributed by atoms with Crippen molar-refractivity contribution >= 4 is 22.6 Å². The maximum Gasteiger partial charge on any atom is 0.255 e. The number of carbonyl (C=O) groups excluding carboxylic acids is 1. The molecule has 24 heavy (non-hydrogen) atoms. The number of carbonyl (C=O) groups is 1. The number of aromatic amines is 1. The van der Waals surface area contributed by atoms with E-state index in [9.17, 15) is 4.79 Å². The van der Waals surface area contributed by atoms with E-state index >= 15 is 0 Å². The average molecular weight is 325 g/mol. The average Bonchev–Trinajstić information content (AvgIpc) is 3.24. The lowest BCUT2D eigenvalue weighted by Gasteiger charge is -2.22. The summed E-state index contributed by atoms with van der Waals surface area (Å²) >= 11 is 0. The molecule has 1 aliphatic rings. The first-order valence-corrected chi connectivity index (χ1v) is 8.16. The van der Waals surface area contributed by atoms with Crippen LogP contribution in [-0.4, -0.2) is 38.4 Å². The highest BCUT2D eigenvalue weighted by Crippen LogP contribution is 2.16. The number of rotatable bonds is 4. The van der Waals surface area contributed by atoms with Crippen LogP contribution in [-0.2, 0) is 11.3 Å². The number of nitrogens with one attached hydrogen (secondary N) is 2. The zero-order chi connectivity index (χ0) is 16.4. The van der Waals surface area contributed by atoms with Gasteiger partial charge in [-0.25, -0.2) is 4.98 Å². The Kier molecular flexibility index (Phi) is 4.00. The van der Waals surface area contributed by atoms with Crippen molar-refractivity contribution in [3.63, 3.8) is 0 Å². The Bertz CT molecular complexity index is 847. The molecule has 0 saturated carbocycles. The number of ether oxygens (including phenoxy) is 1. The second-order valence-electron chi connectivity index (χ2n) is 6.03. The minimum atomic E-state index is -0.167. The van der Waals surface area contributed by atoms with Gasteiger partial charge >= 0.3 is 0 Å². The predicted molar refractivity (Wildman–Crippen MR) is 89.9 cm³/mol. The molecule has 4 rings (SSSR count). The maximum absolute atomic E-state index is 12.4. The van der Waals surface area contributed by atoms with Crippen molar-refractivity contribution in [3.05, 3.63) is 42.5 Å². The third-order valence-electron chi connectivity index (χ3n) is 4.24. The number of benzene rings is 1. The quantitative estimate of drug-likeness (QED) is 0.772. The van der Waals surface area contributed by atoms with Crippen LogP contribution >= 0.6 is 0 Å². The van der Waals surface area contributed by atoms with Crippen molar-refractivity contribution in [2.75, 3.05) is 11.9 Å². The van der Waals surface area contributed by atoms with Crippen LogP contribution in [0.5, 0.6) is 0 Å². The van der Waals surface area contributed by atoms with E-state index in [2.05, 4.69) is 20.4 Å². The Labute approximate surface area is 139 Å². The lowest BCUT2D eigenvalue weighted by atomic mass is 10.1. The summed E-state index contributed by atoms with van der Waals surface area (Å²) < 4.78 is 7.54. The summed E-state index contributed by atoms with van der Waals surface area (Å²) in [7, 11) is 0. The minimum absolute atomic E-state index is 0.167. The van der Waals surface area contributed by atoms with Gasteiger partial charge in [0, 0.05) is 18.4 Å². The number of H-pyrrole nitrogens is 1. The SMILES string of the molecule is O=C(Nc1cnn(CC2CCCCO2)c1)c1ccc2nc[nH]c2c1. The lowest BCUT2D eigenvalue weighted by molar-refractivity contribution is 0.00401. The first kappa shape index (κ1) is 14.9.